The lowest BCUT2D eigenvalue weighted by molar-refractivity contribution is -0.119. The number of ketones is 1. The van der Waals surface area contributed by atoms with Crippen LogP contribution < -0.4 is 0 Å². The Morgan fingerprint density at radius 3 is 2.00 bits per heavy atom. The second kappa shape index (κ2) is 3.14. The number of carbonyl (C=O) groups is 1. The minimum absolute atomic E-state index is 0.0394. The van der Waals surface area contributed by atoms with Crippen molar-refractivity contribution >= 4 is 15.6 Å². The van der Waals surface area contributed by atoms with E-state index in [-0.39, 0.29) is 17.5 Å². The van der Waals surface area contributed by atoms with Gasteiger partial charge in [-0.1, -0.05) is 6.92 Å². The zero-order valence-electron chi connectivity index (χ0n) is 6.42. The highest BCUT2D eigenvalue weighted by atomic mass is 32.2. The summed E-state index contributed by atoms with van der Waals surface area (Å²) in [5, 5.41) is 0. The average Bonchev–Trinajstić information content (AvgIpc) is 1.60. The predicted molar refractivity (Wildman–Crippen MR) is 39.6 cm³/mol. The van der Waals surface area contributed by atoms with E-state index in [0.29, 0.717) is 0 Å². The lowest BCUT2D eigenvalue weighted by atomic mass is 10.1. The van der Waals surface area contributed by atoms with Crippen molar-refractivity contribution < 1.29 is 13.2 Å². The summed E-state index contributed by atoms with van der Waals surface area (Å²) in [4.78, 5) is 10.6. The molecular weight excluding hydrogens is 152 g/mol. The minimum Gasteiger partial charge on any atom is -0.300 e. The van der Waals surface area contributed by atoms with Crippen LogP contribution >= 0.6 is 0 Å². The summed E-state index contributed by atoms with van der Waals surface area (Å²) in [7, 11) is -2.99. The highest BCUT2D eigenvalue weighted by Gasteiger charge is 2.13. The quantitative estimate of drug-likeness (QED) is 0.601. The van der Waals surface area contributed by atoms with Crippen LogP contribution in [0.1, 0.15) is 13.8 Å². The molecular formula is C6H12O3S. The highest BCUT2D eigenvalue weighted by Crippen LogP contribution is 1.99. The standard InChI is InChI=1S/C6H12O3S/c1-5(6(2)7)4-10(3,8)9/h5H,4H2,1-3H3/t5-/m1/s1. The molecule has 0 aliphatic heterocycles. The molecule has 1 atom stereocenters. The molecule has 10 heavy (non-hydrogen) atoms. The Labute approximate surface area is 61.4 Å². The smallest absolute Gasteiger partial charge is 0.148 e. The van der Waals surface area contributed by atoms with Crippen LogP contribution in [0.4, 0.5) is 0 Å². The van der Waals surface area contributed by atoms with Crippen LogP contribution in [0.3, 0.4) is 0 Å². The third-order valence-corrected chi connectivity index (χ3v) is 2.35. The summed E-state index contributed by atoms with van der Waals surface area (Å²) < 4.78 is 21.2. The van der Waals surface area contributed by atoms with E-state index < -0.39 is 9.84 Å². The summed E-state index contributed by atoms with van der Waals surface area (Å²) in [6, 6.07) is 0. The van der Waals surface area contributed by atoms with Crippen molar-refractivity contribution in [3.05, 3.63) is 0 Å². The van der Waals surface area contributed by atoms with Gasteiger partial charge in [0.2, 0.25) is 0 Å². The third-order valence-electron chi connectivity index (χ3n) is 1.25. The van der Waals surface area contributed by atoms with E-state index in [9.17, 15) is 13.2 Å². The molecule has 0 fully saturated rings. The first-order valence-electron chi connectivity index (χ1n) is 3.01. The molecule has 0 amide bonds. The fourth-order valence-corrected chi connectivity index (χ4v) is 1.71. The van der Waals surface area contributed by atoms with Crippen molar-refractivity contribution in [2.45, 2.75) is 13.8 Å². The summed E-state index contributed by atoms with van der Waals surface area (Å²) >= 11 is 0. The Balaban J connectivity index is 4.06. The van der Waals surface area contributed by atoms with Gasteiger partial charge >= 0.3 is 0 Å². The zero-order valence-corrected chi connectivity index (χ0v) is 7.23. The number of rotatable bonds is 3. The van der Waals surface area contributed by atoms with Gasteiger partial charge in [-0.15, -0.1) is 0 Å². The Morgan fingerprint density at radius 1 is 1.50 bits per heavy atom. The van der Waals surface area contributed by atoms with Gasteiger partial charge in [-0.05, 0) is 6.92 Å². The molecule has 3 nitrogen and oxygen atoms in total. The van der Waals surface area contributed by atoms with E-state index in [1.54, 1.807) is 6.92 Å². The monoisotopic (exact) mass is 164 g/mol. The van der Waals surface area contributed by atoms with Crippen LogP contribution in [-0.4, -0.2) is 26.2 Å². The molecule has 0 heterocycles. The maximum Gasteiger partial charge on any atom is 0.148 e. The average molecular weight is 164 g/mol. The van der Waals surface area contributed by atoms with E-state index in [4.69, 9.17) is 0 Å². The van der Waals surface area contributed by atoms with Crippen molar-refractivity contribution in [3.8, 4) is 0 Å². The molecule has 0 rings (SSSR count). The third kappa shape index (κ3) is 4.49. The van der Waals surface area contributed by atoms with Crippen LogP contribution in [-0.2, 0) is 14.6 Å². The number of hydrogen-bond donors (Lipinski definition) is 0. The summed E-state index contributed by atoms with van der Waals surface area (Å²) in [6.45, 7) is 3.01. The maximum atomic E-state index is 10.6. The van der Waals surface area contributed by atoms with Crippen molar-refractivity contribution in [1.82, 2.24) is 0 Å². The van der Waals surface area contributed by atoms with Crippen molar-refractivity contribution in [1.29, 1.82) is 0 Å². The molecule has 0 aromatic carbocycles. The Morgan fingerprint density at radius 2 is 1.90 bits per heavy atom. The molecule has 0 spiro atoms. The van der Waals surface area contributed by atoms with Gasteiger partial charge in [-0.25, -0.2) is 8.42 Å². The number of sulfone groups is 1. The van der Waals surface area contributed by atoms with Crippen molar-refractivity contribution in [2.24, 2.45) is 5.92 Å². The van der Waals surface area contributed by atoms with E-state index in [0.717, 1.165) is 6.26 Å². The van der Waals surface area contributed by atoms with Gasteiger partial charge in [0, 0.05) is 12.2 Å². The molecule has 0 N–H and O–H groups in total. The Kier molecular flexibility index (Phi) is 3.02. The summed E-state index contributed by atoms with van der Waals surface area (Å²) in [6.07, 6.45) is 1.13. The van der Waals surface area contributed by atoms with Crippen LogP contribution in [0.2, 0.25) is 0 Å². The molecule has 0 saturated heterocycles. The van der Waals surface area contributed by atoms with E-state index in [1.165, 1.54) is 6.92 Å². The number of Topliss-reactive ketones (excluding diaryl/α,β-unsaturated/α-hetero) is 1. The van der Waals surface area contributed by atoms with Crippen molar-refractivity contribution in [2.75, 3.05) is 12.0 Å². The Hall–Kier alpha value is -0.380. The van der Waals surface area contributed by atoms with E-state index in [2.05, 4.69) is 0 Å². The van der Waals surface area contributed by atoms with Crippen LogP contribution in [0, 0.1) is 5.92 Å². The molecule has 0 aromatic rings. The van der Waals surface area contributed by atoms with Crippen LogP contribution in [0.15, 0.2) is 0 Å². The topological polar surface area (TPSA) is 51.2 Å². The molecule has 0 aliphatic rings. The van der Waals surface area contributed by atoms with Crippen molar-refractivity contribution in [3.63, 3.8) is 0 Å². The Bertz CT molecular complexity index is 215. The lowest BCUT2D eigenvalue weighted by Crippen LogP contribution is -2.17. The SMILES string of the molecule is CC(=O)[C@H](C)CS(C)(=O)=O. The molecule has 0 aromatic heterocycles. The fourth-order valence-electron chi connectivity index (χ4n) is 0.571. The second-order valence-electron chi connectivity index (χ2n) is 2.60. The van der Waals surface area contributed by atoms with Crippen LogP contribution in [0.25, 0.3) is 0 Å². The van der Waals surface area contributed by atoms with Gasteiger partial charge in [0.25, 0.3) is 0 Å². The first-order valence-corrected chi connectivity index (χ1v) is 5.07. The summed E-state index contributed by atoms with van der Waals surface area (Å²) in [5.41, 5.74) is 0. The summed E-state index contributed by atoms with van der Waals surface area (Å²) in [5.74, 6) is -0.483. The molecule has 0 saturated carbocycles. The molecule has 4 heteroatoms. The maximum absolute atomic E-state index is 10.6. The van der Waals surface area contributed by atoms with Gasteiger partial charge in [0.05, 0.1) is 5.75 Å². The molecule has 0 unspecified atom stereocenters. The molecule has 0 bridgehead atoms. The highest BCUT2D eigenvalue weighted by molar-refractivity contribution is 7.90. The zero-order chi connectivity index (χ0) is 8.36. The second-order valence-corrected chi connectivity index (χ2v) is 4.79. The largest absolute Gasteiger partial charge is 0.300 e. The molecule has 0 aliphatic carbocycles. The van der Waals surface area contributed by atoms with Crippen LogP contribution in [0.5, 0.6) is 0 Å². The minimum atomic E-state index is -2.99. The normalized spacial score (nSPS) is 14.7. The number of carbonyl (C=O) groups excluding carboxylic acids is 1. The fraction of sp³-hybridized carbons (Fsp3) is 0.833. The first-order chi connectivity index (χ1) is 4.33. The van der Waals surface area contributed by atoms with E-state index >= 15 is 0 Å². The van der Waals surface area contributed by atoms with E-state index in [1.807, 2.05) is 0 Å². The number of hydrogen-bond acceptors (Lipinski definition) is 3. The lowest BCUT2D eigenvalue weighted by Gasteiger charge is -2.03. The molecule has 60 valence electrons. The van der Waals surface area contributed by atoms with Gasteiger partial charge in [-0.3, -0.25) is 4.79 Å². The van der Waals surface area contributed by atoms with Gasteiger partial charge in [-0.2, -0.15) is 0 Å². The van der Waals surface area contributed by atoms with Gasteiger partial charge in [0.15, 0.2) is 0 Å². The van der Waals surface area contributed by atoms with Gasteiger partial charge in [0.1, 0.15) is 15.6 Å². The first kappa shape index (κ1) is 9.62. The van der Waals surface area contributed by atoms with Gasteiger partial charge < -0.3 is 0 Å². The molecule has 0 radical (unpaired) electrons. The predicted octanol–water partition coefficient (Wildman–Crippen LogP) is 0.256.